The van der Waals surface area contributed by atoms with E-state index in [0.29, 0.717) is 33.7 Å². The van der Waals surface area contributed by atoms with Crippen molar-refractivity contribution in [3.8, 4) is 28.1 Å². The molecular formula is C29H25Cl2N3O5. The molecule has 0 bridgehead atoms. The van der Waals surface area contributed by atoms with Crippen LogP contribution in [-0.2, 0) is 20.7 Å². The molecule has 0 saturated carbocycles. The van der Waals surface area contributed by atoms with E-state index in [4.69, 9.17) is 32.5 Å². The molecule has 0 saturated heterocycles. The van der Waals surface area contributed by atoms with Crippen molar-refractivity contribution >= 4 is 40.1 Å². The van der Waals surface area contributed by atoms with Crippen molar-refractivity contribution in [1.82, 2.24) is 14.3 Å². The van der Waals surface area contributed by atoms with Crippen LogP contribution in [0, 0.1) is 6.92 Å². The fourth-order valence-electron chi connectivity index (χ4n) is 4.69. The second kappa shape index (κ2) is 10.3. The third kappa shape index (κ3) is 4.82. The summed E-state index contributed by atoms with van der Waals surface area (Å²) in [6.07, 6.45) is 3.24. The van der Waals surface area contributed by atoms with E-state index >= 15 is 0 Å². The standard InChI is InChI=1S/C29H25Cl2N3O5/c1-15-11-18(6-8-19(15)17-5-7-20-22(29(36)37)13-34(4)24(20)12-17)38-14-23-26(32-39-27(23)16(2)30)21-9-10-33(3)28(35)25(21)31/h5-13,16H,14H2,1-4H3,(H,36,37). The zero-order valence-electron chi connectivity index (χ0n) is 21.7. The van der Waals surface area contributed by atoms with Crippen molar-refractivity contribution in [3.63, 3.8) is 0 Å². The number of aryl methyl sites for hydroxylation is 3. The van der Waals surface area contributed by atoms with Crippen LogP contribution in [0.15, 0.2) is 64.2 Å². The van der Waals surface area contributed by atoms with Gasteiger partial charge in [-0.2, -0.15) is 0 Å². The maximum absolute atomic E-state index is 12.4. The smallest absolute Gasteiger partial charge is 0.337 e. The predicted molar refractivity (Wildman–Crippen MR) is 151 cm³/mol. The van der Waals surface area contributed by atoms with Crippen LogP contribution >= 0.6 is 23.2 Å². The number of pyridine rings is 1. The Morgan fingerprint density at radius 3 is 2.59 bits per heavy atom. The van der Waals surface area contributed by atoms with Crippen LogP contribution in [-0.4, -0.2) is 25.4 Å². The van der Waals surface area contributed by atoms with Crippen molar-refractivity contribution in [2.75, 3.05) is 0 Å². The lowest BCUT2D eigenvalue weighted by Crippen LogP contribution is -2.16. The highest BCUT2D eigenvalue weighted by atomic mass is 35.5. The summed E-state index contributed by atoms with van der Waals surface area (Å²) in [6.45, 7) is 3.85. The summed E-state index contributed by atoms with van der Waals surface area (Å²) < 4.78 is 14.9. The first-order valence-corrected chi connectivity index (χ1v) is 12.9. The number of hydrogen-bond donors (Lipinski definition) is 1. The predicted octanol–water partition coefficient (Wildman–Crippen LogP) is 6.74. The Balaban J connectivity index is 1.44. The number of rotatable bonds is 7. The lowest BCUT2D eigenvalue weighted by atomic mass is 9.99. The minimum absolute atomic E-state index is 0.0363. The molecule has 0 fully saturated rings. The summed E-state index contributed by atoms with van der Waals surface area (Å²) in [6, 6.07) is 13.2. The number of carbonyl (C=O) groups is 1. The molecule has 200 valence electrons. The van der Waals surface area contributed by atoms with Gasteiger partial charge in [-0.15, -0.1) is 11.6 Å². The van der Waals surface area contributed by atoms with Crippen LogP contribution < -0.4 is 10.3 Å². The number of aromatic carboxylic acids is 1. The van der Waals surface area contributed by atoms with Crippen LogP contribution in [0.4, 0.5) is 0 Å². The first-order valence-electron chi connectivity index (χ1n) is 12.1. The van der Waals surface area contributed by atoms with E-state index in [2.05, 4.69) is 5.16 Å². The Labute approximate surface area is 233 Å². The SMILES string of the molecule is Cc1cc(OCc2c(-c3ccn(C)c(=O)c3Cl)noc2C(C)Cl)ccc1-c1ccc2c(C(=O)O)cn(C)c2c1. The van der Waals surface area contributed by atoms with Gasteiger partial charge in [-0.05, 0) is 54.8 Å². The second-order valence-corrected chi connectivity index (χ2v) is 10.4. The summed E-state index contributed by atoms with van der Waals surface area (Å²) in [5.41, 5.74) is 5.16. The molecule has 5 aromatic rings. The van der Waals surface area contributed by atoms with Crippen LogP contribution in [0.3, 0.4) is 0 Å². The van der Waals surface area contributed by atoms with Crippen molar-refractivity contribution in [2.24, 2.45) is 14.1 Å². The van der Waals surface area contributed by atoms with Gasteiger partial charge >= 0.3 is 5.97 Å². The second-order valence-electron chi connectivity index (χ2n) is 9.41. The highest BCUT2D eigenvalue weighted by Crippen LogP contribution is 2.36. The Morgan fingerprint density at radius 1 is 1.13 bits per heavy atom. The fraction of sp³-hybridized carbons (Fsp3) is 0.207. The van der Waals surface area contributed by atoms with E-state index in [1.54, 1.807) is 32.4 Å². The number of ether oxygens (including phenoxy) is 1. The Morgan fingerprint density at radius 2 is 1.90 bits per heavy atom. The monoisotopic (exact) mass is 565 g/mol. The molecule has 0 aliphatic rings. The van der Waals surface area contributed by atoms with E-state index in [9.17, 15) is 14.7 Å². The summed E-state index contributed by atoms with van der Waals surface area (Å²) in [4.78, 5) is 24.0. The normalized spacial score (nSPS) is 12.2. The molecule has 10 heteroatoms. The maximum atomic E-state index is 12.4. The average molecular weight is 566 g/mol. The summed E-state index contributed by atoms with van der Waals surface area (Å²) in [5, 5.41) is 13.9. The lowest BCUT2D eigenvalue weighted by molar-refractivity contribution is 0.0699. The third-order valence-corrected chi connectivity index (χ3v) is 7.32. The number of halogens is 2. The molecule has 3 aromatic heterocycles. The zero-order chi connectivity index (χ0) is 28.0. The first-order chi connectivity index (χ1) is 18.6. The van der Waals surface area contributed by atoms with Gasteiger partial charge in [-0.1, -0.05) is 35.0 Å². The molecule has 0 radical (unpaired) electrons. The lowest BCUT2D eigenvalue weighted by Gasteiger charge is -2.12. The molecule has 2 aromatic carbocycles. The van der Waals surface area contributed by atoms with Crippen molar-refractivity contribution in [3.05, 3.63) is 92.7 Å². The Bertz CT molecular complexity index is 1800. The van der Waals surface area contributed by atoms with Gasteiger partial charge in [0.25, 0.3) is 5.56 Å². The third-order valence-electron chi connectivity index (χ3n) is 6.76. The summed E-state index contributed by atoms with van der Waals surface area (Å²) in [7, 11) is 3.45. The van der Waals surface area contributed by atoms with Gasteiger partial charge in [0.1, 0.15) is 23.1 Å². The number of aromatic nitrogens is 3. The summed E-state index contributed by atoms with van der Waals surface area (Å²) in [5.74, 6) is 0.110. The van der Waals surface area contributed by atoms with Crippen LogP contribution in [0.1, 0.15) is 39.5 Å². The molecule has 5 rings (SSSR count). The van der Waals surface area contributed by atoms with Gasteiger partial charge in [0.2, 0.25) is 0 Å². The maximum Gasteiger partial charge on any atom is 0.337 e. The van der Waals surface area contributed by atoms with Crippen molar-refractivity contribution < 1.29 is 19.2 Å². The van der Waals surface area contributed by atoms with E-state index in [0.717, 1.165) is 22.2 Å². The Kier molecular flexibility index (Phi) is 7.01. The minimum Gasteiger partial charge on any atom is -0.489 e. The van der Waals surface area contributed by atoms with Crippen molar-refractivity contribution in [1.29, 1.82) is 0 Å². The van der Waals surface area contributed by atoms with Gasteiger partial charge in [0.05, 0.1) is 16.5 Å². The molecule has 3 heterocycles. The van der Waals surface area contributed by atoms with Gasteiger partial charge in [-0.3, -0.25) is 4.79 Å². The molecule has 1 N–H and O–H groups in total. The number of benzene rings is 2. The highest BCUT2D eigenvalue weighted by Gasteiger charge is 2.24. The summed E-state index contributed by atoms with van der Waals surface area (Å²) >= 11 is 12.7. The van der Waals surface area contributed by atoms with Crippen molar-refractivity contribution in [2.45, 2.75) is 25.8 Å². The molecule has 0 aliphatic carbocycles. The topological polar surface area (TPSA) is 99.5 Å². The van der Waals surface area contributed by atoms with Gasteiger partial charge in [0, 0.05) is 43.0 Å². The zero-order valence-corrected chi connectivity index (χ0v) is 23.2. The van der Waals surface area contributed by atoms with Crippen LogP contribution in [0.25, 0.3) is 33.3 Å². The average Bonchev–Trinajstić information content (AvgIpc) is 3.47. The van der Waals surface area contributed by atoms with E-state index in [1.807, 2.05) is 54.9 Å². The molecule has 0 amide bonds. The van der Waals surface area contributed by atoms with Crippen LogP contribution in [0.5, 0.6) is 5.75 Å². The number of hydrogen-bond acceptors (Lipinski definition) is 5. The van der Waals surface area contributed by atoms with E-state index in [1.165, 1.54) is 4.57 Å². The number of alkyl halides is 1. The minimum atomic E-state index is -0.953. The Hall–Kier alpha value is -4.01. The highest BCUT2D eigenvalue weighted by molar-refractivity contribution is 6.33. The first kappa shape index (κ1) is 26.6. The quantitative estimate of drug-likeness (QED) is 0.219. The number of nitrogens with zero attached hydrogens (tertiary/aromatic N) is 3. The van der Waals surface area contributed by atoms with Gasteiger partial charge < -0.3 is 23.5 Å². The number of carboxylic acids is 1. The van der Waals surface area contributed by atoms with Gasteiger partial charge in [-0.25, -0.2) is 4.79 Å². The van der Waals surface area contributed by atoms with Crippen LogP contribution in [0.2, 0.25) is 5.02 Å². The number of carboxylic acid groups (broad SMARTS) is 1. The molecule has 0 aliphatic heterocycles. The molecule has 8 nitrogen and oxygen atoms in total. The van der Waals surface area contributed by atoms with E-state index in [-0.39, 0.29) is 22.8 Å². The molecule has 0 spiro atoms. The van der Waals surface area contributed by atoms with Gasteiger partial charge in [0.15, 0.2) is 5.76 Å². The fourth-order valence-corrected chi connectivity index (χ4v) is 5.15. The molecule has 1 atom stereocenters. The molecule has 1 unspecified atom stereocenters. The molecular weight excluding hydrogens is 541 g/mol. The number of fused-ring (bicyclic) bond motifs is 1. The molecule has 39 heavy (non-hydrogen) atoms. The largest absolute Gasteiger partial charge is 0.489 e. The van der Waals surface area contributed by atoms with E-state index < -0.39 is 11.3 Å².